The highest BCUT2D eigenvalue weighted by molar-refractivity contribution is 5.94. The van der Waals surface area contributed by atoms with Gasteiger partial charge < -0.3 is 10.2 Å². The maximum Gasteiger partial charge on any atom is 0.332 e. The topological polar surface area (TPSA) is 91.7 Å². The first-order valence-electron chi connectivity index (χ1n) is 4.53. The van der Waals surface area contributed by atoms with Crippen molar-refractivity contribution in [1.29, 1.82) is 0 Å². The number of allylic oxidation sites excluding steroid dienone is 1. The van der Waals surface area contributed by atoms with Crippen LogP contribution < -0.4 is 0 Å². The van der Waals surface area contributed by atoms with Crippen molar-refractivity contribution in [3.63, 3.8) is 0 Å². The molecule has 0 bridgehead atoms. The van der Waals surface area contributed by atoms with Crippen molar-refractivity contribution in [3.8, 4) is 0 Å². The molecule has 0 aliphatic heterocycles. The van der Waals surface area contributed by atoms with Crippen LogP contribution in [-0.4, -0.2) is 27.9 Å². The average Bonchev–Trinajstić information content (AvgIpc) is 2.09. The Labute approximate surface area is 87.4 Å². The Bertz CT molecular complexity index is 314. The maximum absolute atomic E-state index is 10.9. The lowest BCUT2D eigenvalue weighted by atomic mass is 9.98. The van der Waals surface area contributed by atoms with E-state index in [4.69, 9.17) is 10.2 Å². The molecule has 0 aliphatic carbocycles. The van der Waals surface area contributed by atoms with Gasteiger partial charge in [-0.2, -0.15) is 0 Å². The molecule has 5 heteroatoms. The normalized spacial score (nSPS) is 11.9. The van der Waals surface area contributed by atoms with Gasteiger partial charge in [0, 0.05) is 12.0 Å². The van der Waals surface area contributed by atoms with Crippen LogP contribution in [0.5, 0.6) is 0 Å². The van der Waals surface area contributed by atoms with Gasteiger partial charge in [-0.05, 0) is 13.3 Å². The van der Waals surface area contributed by atoms with Crippen molar-refractivity contribution in [2.75, 3.05) is 0 Å². The number of rotatable bonds is 6. The third-order valence-corrected chi connectivity index (χ3v) is 1.90. The van der Waals surface area contributed by atoms with Gasteiger partial charge in [0.15, 0.2) is 0 Å². The van der Waals surface area contributed by atoms with E-state index in [1.54, 1.807) is 6.92 Å². The van der Waals surface area contributed by atoms with Gasteiger partial charge >= 0.3 is 11.9 Å². The third kappa shape index (κ3) is 4.95. The summed E-state index contributed by atoms with van der Waals surface area (Å²) in [7, 11) is 0. The van der Waals surface area contributed by atoms with Gasteiger partial charge in [-0.25, -0.2) is 4.79 Å². The molecular formula is C10H14O5. The second-order valence-electron chi connectivity index (χ2n) is 3.19. The summed E-state index contributed by atoms with van der Waals surface area (Å²) in [4.78, 5) is 32.1. The SMILES string of the molecule is CCC(CC(C)=O)=C(CC(=O)O)C(=O)O. The molecule has 0 spiro atoms. The number of ketones is 1. The van der Waals surface area contributed by atoms with Gasteiger partial charge in [0.2, 0.25) is 0 Å². The highest BCUT2D eigenvalue weighted by Crippen LogP contribution is 2.17. The average molecular weight is 214 g/mol. The first kappa shape index (κ1) is 13.4. The lowest BCUT2D eigenvalue weighted by Crippen LogP contribution is -2.11. The maximum atomic E-state index is 10.9. The summed E-state index contributed by atoms with van der Waals surface area (Å²) < 4.78 is 0. The number of aliphatic carboxylic acids is 2. The summed E-state index contributed by atoms with van der Waals surface area (Å²) in [6.07, 6.45) is -0.175. The van der Waals surface area contributed by atoms with Crippen molar-refractivity contribution in [2.24, 2.45) is 0 Å². The fourth-order valence-corrected chi connectivity index (χ4v) is 1.25. The minimum atomic E-state index is -1.27. The van der Waals surface area contributed by atoms with Crippen molar-refractivity contribution >= 4 is 17.7 Å². The van der Waals surface area contributed by atoms with Gasteiger partial charge in [-0.3, -0.25) is 9.59 Å². The molecule has 0 amide bonds. The Balaban J connectivity index is 5.07. The summed E-state index contributed by atoms with van der Waals surface area (Å²) in [6, 6.07) is 0. The summed E-state index contributed by atoms with van der Waals surface area (Å²) >= 11 is 0. The quantitative estimate of drug-likeness (QED) is 0.649. The molecule has 0 radical (unpaired) electrons. The van der Waals surface area contributed by atoms with E-state index in [1.807, 2.05) is 0 Å². The van der Waals surface area contributed by atoms with Gasteiger partial charge in [-0.1, -0.05) is 12.5 Å². The molecule has 0 aliphatic rings. The van der Waals surface area contributed by atoms with E-state index < -0.39 is 18.4 Å². The zero-order valence-corrected chi connectivity index (χ0v) is 8.74. The first-order valence-corrected chi connectivity index (χ1v) is 4.53. The molecule has 0 fully saturated rings. The summed E-state index contributed by atoms with van der Waals surface area (Å²) in [6.45, 7) is 3.04. The van der Waals surface area contributed by atoms with Gasteiger partial charge in [0.25, 0.3) is 0 Å². The Morgan fingerprint density at radius 2 is 1.60 bits per heavy atom. The van der Waals surface area contributed by atoms with Gasteiger partial charge in [0.1, 0.15) is 5.78 Å². The number of carbonyl (C=O) groups is 3. The number of Topliss-reactive ketones (excluding diaryl/α,β-unsaturated/α-hetero) is 1. The van der Waals surface area contributed by atoms with Gasteiger partial charge in [0.05, 0.1) is 6.42 Å². The van der Waals surface area contributed by atoms with Crippen LogP contribution in [0.2, 0.25) is 0 Å². The van der Waals surface area contributed by atoms with E-state index in [-0.39, 0.29) is 17.8 Å². The van der Waals surface area contributed by atoms with Crippen LogP contribution in [0.1, 0.15) is 33.1 Å². The number of hydrogen-bond acceptors (Lipinski definition) is 3. The van der Waals surface area contributed by atoms with Crippen molar-refractivity contribution in [2.45, 2.75) is 33.1 Å². The van der Waals surface area contributed by atoms with Crippen LogP contribution in [0.25, 0.3) is 0 Å². The molecule has 0 heterocycles. The van der Waals surface area contributed by atoms with E-state index in [9.17, 15) is 14.4 Å². The molecule has 0 aromatic carbocycles. The second kappa shape index (κ2) is 5.95. The minimum Gasteiger partial charge on any atom is -0.481 e. The fraction of sp³-hybridized carbons (Fsp3) is 0.500. The molecule has 0 aromatic rings. The fourth-order valence-electron chi connectivity index (χ4n) is 1.25. The highest BCUT2D eigenvalue weighted by Gasteiger charge is 2.17. The van der Waals surface area contributed by atoms with Crippen LogP contribution >= 0.6 is 0 Å². The molecule has 84 valence electrons. The molecule has 0 saturated heterocycles. The van der Waals surface area contributed by atoms with E-state index in [1.165, 1.54) is 6.92 Å². The number of carbonyl (C=O) groups excluding carboxylic acids is 1. The lowest BCUT2D eigenvalue weighted by molar-refractivity contribution is -0.139. The molecule has 0 saturated carbocycles. The Hall–Kier alpha value is -1.65. The van der Waals surface area contributed by atoms with E-state index >= 15 is 0 Å². The molecule has 0 atom stereocenters. The lowest BCUT2D eigenvalue weighted by Gasteiger charge is -2.07. The van der Waals surface area contributed by atoms with E-state index in [0.29, 0.717) is 12.0 Å². The van der Waals surface area contributed by atoms with E-state index in [2.05, 4.69) is 0 Å². The van der Waals surface area contributed by atoms with Crippen LogP contribution in [0.3, 0.4) is 0 Å². The minimum absolute atomic E-state index is 0.00537. The van der Waals surface area contributed by atoms with Crippen LogP contribution in [0.15, 0.2) is 11.1 Å². The van der Waals surface area contributed by atoms with Crippen molar-refractivity contribution in [1.82, 2.24) is 0 Å². The second-order valence-corrected chi connectivity index (χ2v) is 3.19. The molecule has 15 heavy (non-hydrogen) atoms. The summed E-state index contributed by atoms with van der Waals surface area (Å²) in [5.74, 6) is -2.65. The summed E-state index contributed by atoms with van der Waals surface area (Å²) in [5.41, 5.74) is 0.206. The Morgan fingerprint density at radius 1 is 1.07 bits per heavy atom. The van der Waals surface area contributed by atoms with Crippen LogP contribution in [-0.2, 0) is 14.4 Å². The van der Waals surface area contributed by atoms with Crippen molar-refractivity contribution in [3.05, 3.63) is 11.1 Å². The standard InChI is InChI=1S/C10H14O5/c1-3-7(4-6(2)11)8(10(14)15)5-9(12)13/h3-5H2,1-2H3,(H,12,13)(H,14,15). The Kier molecular flexibility index (Phi) is 5.30. The smallest absolute Gasteiger partial charge is 0.332 e. The monoisotopic (exact) mass is 214 g/mol. The molecule has 0 aromatic heterocycles. The van der Waals surface area contributed by atoms with Gasteiger partial charge in [-0.15, -0.1) is 0 Å². The number of carboxylic acids is 2. The van der Waals surface area contributed by atoms with Crippen LogP contribution in [0, 0.1) is 0 Å². The van der Waals surface area contributed by atoms with Crippen LogP contribution in [0.4, 0.5) is 0 Å². The van der Waals surface area contributed by atoms with E-state index in [0.717, 1.165) is 0 Å². The Morgan fingerprint density at radius 3 is 1.87 bits per heavy atom. The zero-order chi connectivity index (χ0) is 12.0. The van der Waals surface area contributed by atoms with Crippen molar-refractivity contribution < 1.29 is 24.6 Å². The number of hydrogen-bond donors (Lipinski definition) is 2. The molecule has 2 N–H and O–H groups in total. The summed E-state index contributed by atoms with van der Waals surface area (Å²) in [5, 5.41) is 17.3. The predicted molar refractivity (Wildman–Crippen MR) is 52.5 cm³/mol. The molecule has 5 nitrogen and oxygen atoms in total. The molecular weight excluding hydrogens is 200 g/mol. The molecule has 0 unspecified atom stereocenters. The zero-order valence-electron chi connectivity index (χ0n) is 8.74. The molecule has 0 rings (SSSR count). The third-order valence-electron chi connectivity index (χ3n) is 1.90. The predicted octanol–water partition coefficient (Wildman–Crippen LogP) is 1.23. The highest BCUT2D eigenvalue weighted by atomic mass is 16.4. The first-order chi connectivity index (χ1) is 6.88. The largest absolute Gasteiger partial charge is 0.481 e. The number of carboxylic acid groups (broad SMARTS) is 2.